The van der Waals surface area contributed by atoms with E-state index >= 15 is 0 Å². The van der Waals surface area contributed by atoms with Crippen molar-refractivity contribution < 1.29 is 40.6 Å². The first-order chi connectivity index (χ1) is 13.4. The monoisotopic (exact) mass is 422 g/mol. The van der Waals surface area contributed by atoms with E-state index < -0.39 is 41.6 Å². The van der Waals surface area contributed by atoms with Crippen molar-refractivity contribution in [2.24, 2.45) is 0 Å². The molecule has 2 N–H and O–H groups in total. The van der Waals surface area contributed by atoms with Crippen LogP contribution >= 0.6 is 0 Å². The Labute approximate surface area is 161 Å². The predicted octanol–water partition coefficient (Wildman–Crippen LogP) is 4.79. The van der Waals surface area contributed by atoms with E-state index in [1.165, 1.54) is 26.4 Å². The summed E-state index contributed by atoms with van der Waals surface area (Å²) in [5.74, 6) is 0.0480. The third-order valence-electron chi connectivity index (χ3n) is 3.68. The molecule has 158 valence electrons. The Balaban J connectivity index is 2.16. The number of anilines is 2. The Bertz CT molecular complexity index is 826. The number of hydrogen-bond acceptors (Lipinski definition) is 4. The van der Waals surface area contributed by atoms with Gasteiger partial charge in [0.2, 0.25) is 5.91 Å². The normalized spacial score (nSPS) is 11.7. The molecule has 2 aromatic carbocycles. The van der Waals surface area contributed by atoms with Gasteiger partial charge in [-0.1, -0.05) is 0 Å². The number of halogens is 6. The molecule has 0 spiro atoms. The zero-order valence-corrected chi connectivity index (χ0v) is 15.2. The van der Waals surface area contributed by atoms with Gasteiger partial charge < -0.3 is 20.1 Å². The lowest BCUT2D eigenvalue weighted by molar-refractivity contribution is -0.143. The number of methoxy groups -OCH3 is 2. The molecule has 0 bridgehead atoms. The summed E-state index contributed by atoms with van der Waals surface area (Å²) in [6, 6.07) is 5.48. The molecule has 0 aliphatic carbocycles. The summed E-state index contributed by atoms with van der Waals surface area (Å²) in [5.41, 5.74) is -3.18. The smallest absolute Gasteiger partial charge is 0.416 e. The van der Waals surface area contributed by atoms with Crippen LogP contribution in [-0.4, -0.2) is 26.7 Å². The third kappa shape index (κ3) is 6.19. The Hall–Kier alpha value is -3.11. The van der Waals surface area contributed by atoms with E-state index in [0.717, 1.165) is 0 Å². The highest BCUT2D eigenvalue weighted by Gasteiger charge is 2.36. The minimum absolute atomic E-state index is 0.00771. The van der Waals surface area contributed by atoms with Crippen LogP contribution in [0.5, 0.6) is 11.5 Å². The number of rotatable bonds is 6. The van der Waals surface area contributed by atoms with Crippen LogP contribution in [0.1, 0.15) is 11.1 Å². The molecule has 2 rings (SSSR count). The minimum Gasteiger partial charge on any atom is -0.497 e. The quantitative estimate of drug-likeness (QED) is 0.658. The first-order valence-corrected chi connectivity index (χ1v) is 7.98. The fraction of sp³-hybridized carbons (Fsp3) is 0.278. The molecule has 0 unspecified atom stereocenters. The van der Waals surface area contributed by atoms with Gasteiger partial charge >= 0.3 is 12.4 Å². The topological polar surface area (TPSA) is 59.6 Å². The number of amides is 1. The molecule has 0 radical (unpaired) electrons. The van der Waals surface area contributed by atoms with Gasteiger partial charge in [0.15, 0.2) is 0 Å². The maximum atomic E-state index is 12.9. The molecule has 0 aliphatic heterocycles. The molecule has 0 atom stereocenters. The van der Waals surface area contributed by atoms with Crippen LogP contribution < -0.4 is 20.1 Å². The van der Waals surface area contributed by atoms with Crippen molar-refractivity contribution in [1.29, 1.82) is 0 Å². The van der Waals surface area contributed by atoms with E-state index in [0.29, 0.717) is 23.6 Å². The van der Waals surface area contributed by atoms with Crippen molar-refractivity contribution in [2.45, 2.75) is 12.4 Å². The largest absolute Gasteiger partial charge is 0.497 e. The van der Waals surface area contributed by atoms with Crippen LogP contribution in [0, 0.1) is 0 Å². The lowest BCUT2D eigenvalue weighted by Crippen LogP contribution is -2.22. The number of nitrogens with one attached hydrogen (secondary N) is 2. The highest BCUT2D eigenvalue weighted by atomic mass is 19.4. The van der Waals surface area contributed by atoms with E-state index in [9.17, 15) is 31.1 Å². The maximum absolute atomic E-state index is 12.9. The number of hydrogen-bond donors (Lipinski definition) is 2. The molecule has 0 saturated carbocycles. The Kier molecular flexibility index (Phi) is 6.50. The SMILES string of the molecule is COc1cc(NC(=O)CNc2cc(C(F)(F)F)cc(C(F)(F)F)c2)cc(OC)c1. The molecule has 1 amide bonds. The Morgan fingerprint density at radius 3 is 1.69 bits per heavy atom. The van der Waals surface area contributed by atoms with Gasteiger partial charge in [-0.05, 0) is 18.2 Å². The average molecular weight is 422 g/mol. The highest BCUT2D eigenvalue weighted by Crippen LogP contribution is 2.37. The summed E-state index contributed by atoms with van der Waals surface area (Å²) >= 11 is 0. The van der Waals surface area contributed by atoms with Gasteiger partial charge in [-0.3, -0.25) is 4.79 Å². The average Bonchev–Trinajstić information content (AvgIpc) is 2.64. The fourth-order valence-electron chi connectivity index (χ4n) is 2.32. The van der Waals surface area contributed by atoms with Crippen molar-refractivity contribution in [3.8, 4) is 11.5 Å². The summed E-state index contributed by atoms with van der Waals surface area (Å²) in [6.45, 7) is -0.571. The van der Waals surface area contributed by atoms with Gasteiger partial charge in [0, 0.05) is 29.6 Å². The highest BCUT2D eigenvalue weighted by molar-refractivity contribution is 5.94. The molecule has 0 heterocycles. The lowest BCUT2D eigenvalue weighted by atomic mass is 10.1. The first kappa shape index (κ1) is 22.2. The van der Waals surface area contributed by atoms with Gasteiger partial charge in [-0.25, -0.2) is 0 Å². The second-order valence-electron chi connectivity index (χ2n) is 5.80. The van der Waals surface area contributed by atoms with Crippen molar-refractivity contribution >= 4 is 17.3 Å². The summed E-state index contributed by atoms with van der Waals surface area (Å²) < 4.78 is 87.3. The molecule has 5 nitrogen and oxygen atoms in total. The second kappa shape index (κ2) is 8.50. The van der Waals surface area contributed by atoms with Crippen LogP contribution in [0.4, 0.5) is 37.7 Å². The summed E-state index contributed by atoms with van der Waals surface area (Å²) in [7, 11) is 2.79. The van der Waals surface area contributed by atoms with Crippen LogP contribution in [0.25, 0.3) is 0 Å². The van der Waals surface area contributed by atoms with E-state index in [4.69, 9.17) is 9.47 Å². The van der Waals surface area contributed by atoms with E-state index in [2.05, 4.69) is 10.6 Å². The van der Waals surface area contributed by atoms with Gasteiger partial charge in [-0.15, -0.1) is 0 Å². The molecule has 29 heavy (non-hydrogen) atoms. The minimum atomic E-state index is -4.98. The lowest BCUT2D eigenvalue weighted by Gasteiger charge is -2.15. The van der Waals surface area contributed by atoms with Crippen LogP contribution in [-0.2, 0) is 17.1 Å². The number of benzene rings is 2. The zero-order valence-electron chi connectivity index (χ0n) is 15.2. The van der Waals surface area contributed by atoms with Gasteiger partial charge in [-0.2, -0.15) is 26.3 Å². The van der Waals surface area contributed by atoms with E-state index in [1.807, 2.05) is 0 Å². The maximum Gasteiger partial charge on any atom is 0.416 e. The second-order valence-corrected chi connectivity index (χ2v) is 5.80. The van der Waals surface area contributed by atoms with Crippen molar-refractivity contribution in [3.63, 3.8) is 0 Å². The molecule has 11 heteroatoms. The molecular weight excluding hydrogens is 406 g/mol. The summed E-state index contributed by atoms with van der Waals surface area (Å²) in [6.07, 6.45) is -9.95. The van der Waals surface area contributed by atoms with Crippen molar-refractivity contribution in [2.75, 3.05) is 31.4 Å². The standard InChI is InChI=1S/C18H16F6N2O3/c1-28-14-6-13(7-15(8-14)29-2)26-16(27)9-25-12-4-10(17(19,20)21)3-11(5-12)18(22,23)24/h3-8,25H,9H2,1-2H3,(H,26,27). The van der Waals surface area contributed by atoms with Gasteiger partial charge in [0.25, 0.3) is 0 Å². The van der Waals surface area contributed by atoms with E-state index in [-0.39, 0.29) is 11.8 Å². The number of carbonyl (C=O) groups is 1. The molecular formula is C18H16F6N2O3. The van der Waals surface area contributed by atoms with Crippen molar-refractivity contribution in [1.82, 2.24) is 0 Å². The van der Waals surface area contributed by atoms with Gasteiger partial charge in [0.1, 0.15) is 11.5 Å². The van der Waals surface area contributed by atoms with Crippen LogP contribution in [0.15, 0.2) is 36.4 Å². The fourth-order valence-corrected chi connectivity index (χ4v) is 2.32. The third-order valence-corrected chi connectivity index (χ3v) is 3.68. The van der Waals surface area contributed by atoms with Crippen LogP contribution in [0.3, 0.4) is 0 Å². The van der Waals surface area contributed by atoms with Gasteiger partial charge in [0.05, 0.1) is 31.9 Å². The Morgan fingerprint density at radius 1 is 0.793 bits per heavy atom. The summed E-state index contributed by atoms with van der Waals surface area (Å²) in [4.78, 5) is 12.0. The molecule has 2 aromatic rings. The zero-order chi connectivity index (χ0) is 21.8. The van der Waals surface area contributed by atoms with E-state index in [1.54, 1.807) is 6.07 Å². The first-order valence-electron chi connectivity index (χ1n) is 7.98. The summed E-state index contributed by atoms with van der Waals surface area (Å²) in [5, 5.41) is 4.72. The molecule has 0 fully saturated rings. The molecule has 0 aromatic heterocycles. The Morgan fingerprint density at radius 2 is 1.28 bits per heavy atom. The molecule has 0 saturated heterocycles. The van der Waals surface area contributed by atoms with Crippen LogP contribution in [0.2, 0.25) is 0 Å². The molecule has 0 aliphatic rings. The number of alkyl halides is 6. The van der Waals surface area contributed by atoms with Crippen molar-refractivity contribution in [3.05, 3.63) is 47.5 Å². The predicted molar refractivity (Wildman–Crippen MR) is 93.1 cm³/mol. The number of carbonyl (C=O) groups excluding carboxylic acids is 1. The number of ether oxygens (including phenoxy) is 2.